The van der Waals surface area contributed by atoms with Gasteiger partial charge in [-0.15, -0.1) is 0 Å². The predicted octanol–water partition coefficient (Wildman–Crippen LogP) is -2.24. The average molecular weight is 308 g/mol. The molecule has 6 N–H and O–H groups in total. The summed E-state index contributed by atoms with van der Waals surface area (Å²) in [6, 6.07) is 0. The predicted molar refractivity (Wildman–Crippen MR) is 55.6 cm³/mol. The van der Waals surface area contributed by atoms with E-state index in [0.29, 0.717) is 0 Å². The minimum Gasteiger partial charge on any atom is -0.388 e. The highest BCUT2D eigenvalue weighted by Crippen LogP contribution is 2.40. The zero-order valence-electron chi connectivity index (χ0n) is 8.93. The summed E-state index contributed by atoms with van der Waals surface area (Å²) in [6.45, 7) is -0.708. The molecular weight excluding hydrogens is 294 g/mol. The first-order chi connectivity index (χ1) is 7.99. The van der Waals surface area contributed by atoms with Crippen molar-refractivity contribution in [2.45, 2.75) is 24.4 Å². The fourth-order valence-electron chi connectivity index (χ4n) is 1.52. The lowest BCUT2D eigenvalue weighted by Crippen LogP contribution is -2.35. The molecule has 0 aromatic heterocycles. The van der Waals surface area contributed by atoms with Crippen molar-refractivity contribution in [1.29, 1.82) is 0 Å². The third kappa shape index (κ3) is 5.02. The zero-order chi connectivity index (χ0) is 14.1. The number of aliphatic hydroxyl groups excluding tert-OH is 2. The molecule has 1 rings (SSSR count). The number of phosphoric acid groups is 1. The highest BCUT2D eigenvalue weighted by Gasteiger charge is 2.45. The summed E-state index contributed by atoms with van der Waals surface area (Å²) in [7, 11) is -9.20. The Morgan fingerprint density at radius 1 is 1.00 bits per heavy atom. The van der Waals surface area contributed by atoms with Gasteiger partial charge in [-0.05, 0) is 0 Å². The molecule has 0 amide bonds. The average Bonchev–Trinajstić information content (AvgIpc) is 2.40. The molecule has 0 aromatic carbocycles. The van der Waals surface area contributed by atoms with E-state index in [1.165, 1.54) is 0 Å². The van der Waals surface area contributed by atoms with Crippen LogP contribution in [0.3, 0.4) is 0 Å². The van der Waals surface area contributed by atoms with Gasteiger partial charge in [0.2, 0.25) is 0 Å². The van der Waals surface area contributed by atoms with Crippen molar-refractivity contribution in [3.63, 3.8) is 0 Å². The highest BCUT2D eigenvalue weighted by molar-refractivity contribution is 7.51. The summed E-state index contributed by atoms with van der Waals surface area (Å²) in [5.74, 6) is 0. The molecule has 0 saturated carbocycles. The lowest BCUT2D eigenvalue weighted by Gasteiger charge is -2.15. The van der Waals surface area contributed by atoms with Crippen molar-refractivity contribution in [1.82, 2.24) is 0 Å². The van der Waals surface area contributed by atoms with Crippen molar-refractivity contribution >= 4 is 15.4 Å². The Hall–Kier alpha value is 0.140. The molecule has 4 unspecified atom stereocenters. The van der Waals surface area contributed by atoms with Crippen molar-refractivity contribution < 1.29 is 48.2 Å². The largest absolute Gasteiger partial charge is 0.469 e. The summed E-state index contributed by atoms with van der Waals surface area (Å²) in [5, 5.41) is 18.9. The molecule has 0 bridgehead atoms. The van der Waals surface area contributed by atoms with Crippen LogP contribution in [0.2, 0.25) is 0 Å². The van der Waals surface area contributed by atoms with E-state index in [-0.39, 0.29) is 0 Å². The molecule has 108 valence electrons. The number of phosphoric ester groups is 1. The van der Waals surface area contributed by atoms with E-state index in [9.17, 15) is 19.3 Å². The van der Waals surface area contributed by atoms with Gasteiger partial charge < -0.3 is 34.5 Å². The van der Waals surface area contributed by atoms with E-state index in [1.54, 1.807) is 0 Å². The molecule has 18 heavy (non-hydrogen) atoms. The van der Waals surface area contributed by atoms with Crippen LogP contribution in [0.4, 0.5) is 0 Å². The maximum atomic E-state index is 10.7. The first-order valence-corrected chi connectivity index (χ1v) is 8.08. The Morgan fingerprint density at radius 2 is 1.50 bits per heavy atom. The number of rotatable bonds is 5. The SMILES string of the molecule is O=P(O)(O)CC1OC(COP(=O)(O)O)C(O)C1O. The Morgan fingerprint density at radius 3 is 1.94 bits per heavy atom. The maximum absolute atomic E-state index is 10.7. The summed E-state index contributed by atoms with van der Waals surface area (Å²) >= 11 is 0. The van der Waals surface area contributed by atoms with Gasteiger partial charge >= 0.3 is 15.4 Å². The molecule has 12 heteroatoms. The fourth-order valence-corrected chi connectivity index (χ4v) is 2.63. The normalized spacial score (nSPS) is 33.9. The van der Waals surface area contributed by atoms with Crippen LogP contribution >= 0.6 is 15.4 Å². The van der Waals surface area contributed by atoms with Crippen LogP contribution in [-0.4, -0.2) is 67.0 Å². The monoisotopic (exact) mass is 308 g/mol. The third-order valence-electron chi connectivity index (χ3n) is 2.29. The lowest BCUT2D eigenvalue weighted by atomic mass is 10.1. The molecule has 1 heterocycles. The summed E-state index contributed by atoms with van der Waals surface area (Å²) < 4.78 is 30.1. The van der Waals surface area contributed by atoms with Crippen molar-refractivity contribution in [2.75, 3.05) is 12.8 Å². The van der Waals surface area contributed by atoms with Crippen molar-refractivity contribution in [2.24, 2.45) is 0 Å². The van der Waals surface area contributed by atoms with E-state index in [1.807, 2.05) is 0 Å². The molecule has 1 aliphatic rings. The van der Waals surface area contributed by atoms with E-state index in [2.05, 4.69) is 4.52 Å². The number of hydrogen-bond acceptors (Lipinski definition) is 6. The van der Waals surface area contributed by atoms with Crippen LogP contribution in [0.15, 0.2) is 0 Å². The third-order valence-corrected chi connectivity index (χ3v) is 3.61. The van der Waals surface area contributed by atoms with Gasteiger partial charge in [0.25, 0.3) is 0 Å². The standard InChI is InChI=1S/C6H14O10P2/c7-5-3(1-15-18(12,13)14)16-4(6(5)8)2-17(9,10)11/h3-8H,1-2H2,(H2,9,10,11)(H2,12,13,14). The number of aliphatic hydroxyl groups is 2. The molecular formula is C6H14O10P2. The van der Waals surface area contributed by atoms with Gasteiger partial charge in [0, 0.05) is 0 Å². The minimum absolute atomic E-state index is 0.708. The van der Waals surface area contributed by atoms with Crippen molar-refractivity contribution in [3.05, 3.63) is 0 Å². The Balaban J connectivity index is 2.59. The molecule has 10 nitrogen and oxygen atoms in total. The quantitative estimate of drug-likeness (QED) is 0.305. The molecule has 4 atom stereocenters. The Kier molecular flexibility index (Phi) is 5.07. The second-order valence-corrected chi connectivity index (χ2v) is 6.76. The molecule has 0 aromatic rings. The zero-order valence-corrected chi connectivity index (χ0v) is 10.7. The Bertz CT molecular complexity index is 373. The van der Waals surface area contributed by atoms with Gasteiger partial charge in [0.05, 0.1) is 18.9 Å². The lowest BCUT2D eigenvalue weighted by molar-refractivity contribution is -0.0170. The van der Waals surface area contributed by atoms with E-state index >= 15 is 0 Å². The molecule has 0 radical (unpaired) electrons. The molecule has 1 fully saturated rings. The van der Waals surface area contributed by atoms with Gasteiger partial charge in [0.1, 0.15) is 18.3 Å². The topological polar surface area (TPSA) is 174 Å². The van der Waals surface area contributed by atoms with Crippen molar-refractivity contribution in [3.8, 4) is 0 Å². The van der Waals surface area contributed by atoms with E-state index in [4.69, 9.17) is 24.3 Å². The van der Waals surface area contributed by atoms with E-state index in [0.717, 1.165) is 0 Å². The smallest absolute Gasteiger partial charge is 0.388 e. The molecule has 0 spiro atoms. The van der Waals surface area contributed by atoms with Gasteiger partial charge in [-0.3, -0.25) is 9.09 Å². The van der Waals surface area contributed by atoms with Crippen LogP contribution < -0.4 is 0 Å². The second-order valence-electron chi connectivity index (χ2n) is 3.83. The Labute approximate surface area is 102 Å². The first-order valence-electron chi connectivity index (χ1n) is 4.76. The highest BCUT2D eigenvalue weighted by atomic mass is 31.2. The van der Waals surface area contributed by atoms with Crippen LogP contribution in [-0.2, 0) is 18.4 Å². The molecule has 1 aliphatic heterocycles. The maximum Gasteiger partial charge on any atom is 0.469 e. The van der Waals surface area contributed by atoms with Crippen LogP contribution in [0.25, 0.3) is 0 Å². The van der Waals surface area contributed by atoms with Crippen LogP contribution in [0.1, 0.15) is 0 Å². The van der Waals surface area contributed by atoms with E-state index < -0.39 is 52.6 Å². The first kappa shape index (κ1) is 16.2. The number of hydrogen-bond donors (Lipinski definition) is 6. The fraction of sp³-hybridized carbons (Fsp3) is 1.00. The van der Waals surface area contributed by atoms with Crippen LogP contribution in [0, 0.1) is 0 Å². The minimum atomic E-state index is -4.75. The van der Waals surface area contributed by atoms with Gasteiger partial charge in [0.15, 0.2) is 0 Å². The number of ether oxygens (including phenoxy) is 1. The summed E-state index contributed by atoms with van der Waals surface area (Å²) in [5.41, 5.74) is 0. The summed E-state index contributed by atoms with van der Waals surface area (Å²) in [4.78, 5) is 34.3. The van der Waals surface area contributed by atoms with Gasteiger partial charge in [-0.25, -0.2) is 4.57 Å². The van der Waals surface area contributed by atoms with Crippen LogP contribution in [0.5, 0.6) is 0 Å². The second kappa shape index (κ2) is 5.64. The van der Waals surface area contributed by atoms with Gasteiger partial charge in [-0.2, -0.15) is 0 Å². The van der Waals surface area contributed by atoms with Gasteiger partial charge in [-0.1, -0.05) is 0 Å². The molecule has 0 aliphatic carbocycles. The molecule has 1 saturated heterocycles. The summed E-state index contributed by atoms with van der Waals surface area (Å²) in [6.07, 6.45) is -6.52.